The molecule has 2 nitrogen and oxygen atoms in total. The molecule has 1 rings (SSSR count). The molecule has 0 saturated carbocycles. The van der Waals surface area contributed by atoms with Gasteiger partial charge in [0.05, 0.1) is 0 Å². The maximum Gasteiger partial charge on any atom is 0.00896 e. The average molecular weight is 230 g/mol. The number of hydrogen-bond acceptors (Lipinski definition) is 3. The van der Waals surface area contributed by atoms with Crippen LogP contribution in [-0.2, 0) is 0 Å². The lowest BCUT2D eigenvalue weighted by molar-refractivity contribution is 0.258. The van der Waals surface area contributed by atoms with Crippen LogP contribution in [0.2, 0.25) is 0 Å². The highest BCUT2D eigenvalue weighted by molar-refractivity contribution is 7.77. The summed E-state index contributed by atoms with van der Waals surface area (Å²) in [6.07, 6.45) is 6.75. The molecule has 15 heavy (non-hydrogen) atoms. The van der Waals surface area contributed by atoms with Crippen LogP contribution in [0.3, 0.4) is 0 Å². The molecule has 0 aromatic rings. The van der Waals surface area contributed by atoms with Gasteiger partial charge in [-0.1, -0.05) is 19.7 Å². The molecule has 1 heterocycles. The van der Waals surface area contributed by atoms with E-state index in [0.717, 1.165) is 5.92 Å². The van der Waals surface area contributed by atoms with Crippen molar-refractivity contribution in [3.8, 4) is 0 Å². The summed E-state index contributed by atoms with van der Waals surface area (Å²) in [5.41, 5.74) is 0. The molecule has 0 N–H and O–H groups in total. The fraction of sp³-hybridized carbons (Fsp3) is 1.00. The first kappa shape index (κ1) is 13.3. The van der Waals surface area contributed by atoms with E-state index in [0.29, 0.717) is 0 Å². The summed E-state index contributed by atoms with van der Waals surface area (Å²) < 4.78 is 2.15. The molecule has 1 saturated heterocycles. The van der Waals surface area contributed by atoms with Crippen molar-refractivity contribution in [2.75, 3.05) is 33.2 Å². The Hall–Kier alpha value is 0.270. The quantitative estimate of drug-likeness (QED) is 0.701. The Bertz CT molecular complexity index is 156. The summed E-state index contributed by atoms with van der Waals surface area (Å²) in [6.45, 7) is 7.13. The molecule has 0 amide bonds. The molecule has 1 aliphatic heterocycles. The van der Waals surface area contributed by atoms with Gasteiger partial charge in [0.25, 0.3) is 0 Å². The smallest absolute Gasteiger partial charge is 0.00896 e. The zero-order chi connectivity index (χ0) is 11.1. The first-order chi connectivity index (χ1) is 7.22. The predicted molar refractivity (Wildman–Crippen MR) is 70.3 cm³/mol. The largest absolute Gasteiger partial charge is 0.306 e. The normalized spacial score (nSPS) is 20.0. The van der Waals surface area contributed by atoms with E-state index in [1.807, 2.05) is 0 Å². The van der Waals surface area contributed by atoms with Gasteiger partial charge >= 0.3 is 0 Å². The van der Waals surface area contributed by atoms with Crippen LogP contribution in [0.25, 0.3) is 0 Å². The Morgan fingerprint density at radius 3 is 2.53 bits per heavy atom. The Balaban J connectivity index is 2.00. The first-order valence-electron chi connectivity index (χ1n) is 6.34. The van der Waals surface area contributed by atoms with Crippen molar-refractivity contribution < 1.29 is 0 Å². The van der Waals surface area contributed by atoms with Gasteiger partial charge in [-0.25, -0.2) is 0 Å². The van der Waals surface area contributed by atoms with E-state index in [2.05, 4.69) is 36.0 Å². The second-order valence-corrected chi connectivity index (χ2v) is 5.41. The lowest BCUT2D eigenvalue weighted by atomic mass is 9.93. The second-order valence-electron chi connectivity index (χ2n) is 4.84. The van der Waals surface area contributed by atoms with Gasteiger partial charge in [0.2, 0.25) is 0 Å². The summed E-state index contributed by atoms with van der Waals surface area (Å²) >= 11 is 4.38. The third kappa shape index (κ3) is 5.79. The van der Waals surface area contributed by atoms with Gasteiger partial charge in [0.1, 0.15) is 0 Å². The highest BCUT2D eigenvalue weighted by atomic mass is 32.1. The van der Waals surface area contributed by atoms with E-state index in [1.165, 1.54) is 58.3 Å². The van der Waals surface area contributed by atoms with Crippen molar-refractivity contribution in [1.29, 1.82) is 0 Å². The Morgan fingerprint density at radius 1 is 1.27 bits per heavy atom. The molecule has 0 atom stereocenters. The topological polar surface area (TPSA) is 6.48 Å². The van der Waals surface area contributed by atoms with Crippen molar-refractivity contribution in [2.24, 2.45) is 5.92 Å². The molecule has 0 bridgehead atoms. The molecule has 0 unspecified atom stereocenters. The molecule has 3 heteroatoms. The molecule has 0 radical (unpaired) electrons. The van der Waals surface area contributed by atoms with Crippen LogP contribution in [0, 0.1) is 5.92 Å². The highest BCUT2D eigenvalue weighted by Gasteiger charge is 2.16. The van der Waals surface area contributed by atoms with Gasteiger partial charge in [-0.3, -0.25) is 4.31 Å². The van der Waals surface area contributed by atoms with E-state index in [-0.39, 0.29) is 0 Å². The van der Waals surface area contributed by atoms with Crippen LogP contribution < -0.4 is 0 Å². The van der Waals surface area contributed by atoms with E-state index >= 15 is 0 Å². The third-order valence-corrected chi connectivity index (χ3v) is 3.75. The first-order valence-corrected chi connectivity index (χ1v) is 6.74. The van der Waals surface area contributed by atoms with Gasteiger partial charge in [-0.05, 0) is 58.2 Å². The molecule has 0 spiro atoms. The van der Waals surface area contributed by atoms with E-state index in [1.54, 1.807) is 0 Å². The maximum atomic E-state index is 4.38. The second kappa shape index (κ2) is 7.53. The molecule has 1 aliphatic rings. The van der Waals surface area contributed by atoms with Crippen LogP contribution in [0.15, 0.2) is 0 Å². The maximum absolute atomic E-state index is 4.38. The van der Waals surface area contributed by atoms with Gasteiger partial charge in [0, 0.05) is 13.1 Å². The fourth-order valence-corrected chi connectivity index (χ4v) is 2.58. The molecular formula is C12H26N2S. The molecule has 0 aromatic heterocycles. The monoisotopic (exact) mass is 230 g/mol. The van der Waals surface area contributed by atoms with Crippen LogP contribution >= 0.6 is 12.8 Å². The van der Waals surface area contributed by atoms with Crippen molar-refractivity contribution in [3.63, 3.8) is 0 Å². The summed E-state index contributed by atoms with van der Waals surface area (Å²) in [6, 6.07) is 0. The zero-order valence-electron chi connectivity index (χ0n) is 10.3. The lowest BCUT2D eigenvalue weighted by Gasteiger charge is -2.28. The number of nitrogens with zero attached hydrogens (tertiary/aromatic N) is 2. The van der Waals surface area contributed by atoms with E-state index in [4.69, 9.17) is 0 Å². The average Bonchev–Trinajstić information content (AvgIpc) is 2.21. The Morgan fingerprint density at radius 2 is 1.93 bits per heavy atom. The zero-order valence-corrected chi connectivity index (χ0v) is 11.2. The number of hydrogen-bond donors (Lipinski definition) is 1. The van der Waals surface area contributed by atoms with Crippen molar-refractivity contribution in [3.05, 3.63) is 0 Å². The third-order valence-electron chi connectivity index (χ3n) is 3.35. The van der Waals surface area contributed by atoms with Gasteiger partial charge in [-0.15, -0.1) is 0 Å². The summed E-state index contributed by atoms with van der Waals surface area (Å²) in [5, 5.41) is 0. The van der Waals surface area contributed by atoms with Crippen LogP contribution in [0.1, 0.15) is 39.0 Å². The number of rotatable bonds is 6. The van der Waals surface area contributed by atoms with Crippen molar-refractivity contribution >= 4 is 12.8 Å². The summed E-state index contributed by atoms with van der Waals surface area (Å²) in [7, 11) is 2.24. The van der Waals surface area contributed by atoms with E-state index in [9.17, 15) is 0 Å². The lowest BCUT2D eigenvalue weighted by Crippen LogP contribution is -2.27. The molecular weight excluding hydrogens is 204 g/mol. The summed E-state index contributed by atoms with van der Waals surface area (Å²) in [5.74, 6) is 0.962. The SMILES string of the molecule is CCCN(C)CCCC1CCN(S)CC1. The van der Waals surface area contributed by atoms with Crippen LogP contribution in [0.5, 0.6) is 0 Å². The Labute approximate surface area is 101 Å². The molecule has 90 valence electrons. The molecule has 0 aromatic carbocycles. The number of piperidine rings is 1. The summed E-state index contributed by atoms with van der Waals surface area (Å²) in [4.78, 5) is 2.45. The minimum Gasteiger partial charge on any atom is -0.306 e. The van der Waals surface area contributed by atoms with Gasteiger partial charge < -0.3 is 4.90 Å². The standard InChI is InChI=1S/C12H26N2S/c1-3-8-13(2)9-4-5-12-6-10-14(15)11-7-12/h12,15H,3-11H2,1-2H3. The molecule has 0 aliphatic carbocycles. The van der Waals surface area contributed by atoms with Crippen molar-refractivity contribution in [1.82, 2.24) is 9.21 Å². The van der Waals surface area contributed by atoms with Crippen LogP contribution in [-0.4, -0.2) is 42.4 Å². The van der Waals surface area contributed by atoms with Crippen molar-refractivity contribution in [2.45, 2.75) is 39.0 Å². The number of thiol groups is 1. The molecule has 1 fully saturated rings. The van der Waals surface area contributed by atoms with Crippen LogP contribution in [0.4, 0.5) is 0 Å². The van der Waals surface area contributed by atoms with Gasteiger partial charge in [0.15, 0.2) is 0 Å². The minimum absolute atomic E-state index is 0.962. The Kier molecular flexibility index (Phi) is 6.69. The highest BCUT2D eigenvalue weighted by Crippen LogP contribution is 2.22. The fourth-order valence-electron chi connectivity index (χ4n) is 2.35. The predicted octanol–water partition coefficient (Wildman–Crippen LogP) is 2.67. The minimum atomic E-state index is 0.962. The van der Waals surface area contributed by atoms with E-state index < -0.39 is 0 Å². The van der Waals surface area contributed by atoms with Gasteiger partial charge in [-0.2, -0.15) is 0 Å².